The molecule has 0 aliphatic carbocycles. The van der Waals surface area contributed by atoms with Gasteiger partial charge in [0.2, 0.25) is 11.8 Å². The molecule has 4 heteroatoms. The van der Waals surface area contributed by atoms with Crippen molar-refractivity contribution in [2.75, 3.05) is 7.05 Å². The van der Waals surface area contributed by atoms with Gasteiger partial charge < -0.3 is 0 Å². The summed E-state index contributed by atoms with van der Waals surface area (Å²) in [7, 11) is 1.53. The number of nitrogens with one attached hydrogen (secondary N) is 1. The van der Waals surface area contributed by atoms with Crippen molar-refractivity contribution >= 4 is 11.8 Å². The molecule has 1 aromatic rings. The Balaban J connectivity index is 2.09. The predicted molar refractivity (Wildman–Crippen MR) is 68.9 cm³/mol. The standard InChI is InChI=1S/C14H18N2O2/c1-9-6-4-5-7-11(9)10(2)15-12-8-13(17)16(3)14(12)18/h4-7,10,12,15H,8H2,1-3H3. The van der Waals surface area contributed by atoms with Gasteiger partial charge in [-0.1, -0.05) is 24.3 Å². The summed E-state index contributed by atoms with van der Waals surface area (Å²) in [6.07, 6.45) is 0.256. The van der Waals surface area contributed by atoms with Crippen molar-refractivity contribution in [3.63, 3.8) is 0 Å². The van der Waals surface area contributed by atoms with Crippen LogP contribution in [0.15, 0.2) is 24.3 Å². The van der Waals surface area contributed by atoms with Crippen LogP contribution in [-0.2, 0) is 9.59 Å². The first-order valence-corrected chi connectivity index (χ1v) is 6.12. The average Bonchev–Trinajstić information content (AvgIpc) is 2.57. The second-order valence-corrected chi connectivity index (χ2v) is 4.79. The zero-order valence-corrected chi connectivity index (χ0v) is 10.9. The van der Waals surface area contributed by atoms with Crippen molar-refractivity contribution < 1.29 is 9.59 Å². The second kappa shape index (κ2) is 4.90. The molecule has 1 aliphatic heterocycles. The van der Waals surface area contributed by atoms with Gasteiger partial charge in [-0.15, -0.1) is 0 Å². The molecule has 0 aromatic heterocycles. The van der Waals surface area contributed by atoms with Crippen molar-refractivity contribution in [3.05, 3.63) is 35.4 Å². The summed E-state index contributed by atoms with van der Waals surface area (Å²) in [4.78, 5) is 24.5. The smallest absolute Gasteiger partial charge is 0.246 e. The maximum atomic E-state index is 11.8. The summed E-state index contributed by atoms with van der Waals surface area (Å²) in [6, 6.07) is 7.72. The molecule has 2 unspecified atom stereocenters. The van der Waals surface area contributed by atoms with E-state index in [4.69, 9.17) is 0 Å². The van der Waals surface area contributed by atoms with Crippen LogP contribution in [0.25, 0.3) is 0 Å². The van der Waals surface area contributed by atoms with Crippen LogP contribution >= 0.6 is 0 Å². The maximum Gasteiger partial charge on any atom is 0.246 e. The highest BCUT2D eigenvalue weighted by Crippen LogP contribution is 2.20. The molecule has 1 fully saturated rings. The van der Waals surface area contributed by atoms with Gasteiger partial charge in [0.1, 0.15) is 0 Å². The number of likely N-dealkylation sites (tertiary alicyclic amines) is 1. The minimum atomic E-state index is -0.392. The Morgan fingerprint density at radius 1 is 1.33 bits per heavy atom. The van der Waals surface area contributed by atoms with E-state index in [9.17, 15) is 9.59 Å². The van der Waals surface area contributed by atoms with E-state index in [1.165, 1.54) is 17.5 Å². The largest absolute Gasteiger partial charge is 0.299 e. The topological polar surface area (TPSA) is 49.4 Å². The Morgan fingerprint density at radius 3 is 2.56 bits per heavy atom. The van der Waals surface area contributed by atoms with Gasteiger partial charge in [-0.2, -0.15) is 0 Å². The molecule has 0 radical (unpaired) electrons. The van der Waals surface area contributed by atoms with Gasteiger partial charge in [0, 0.05) is 13.1 Å². The molecule has 1 aliphatic rings. The lowest BCUT2D eigenvalue weighted by molar-refractivity contribution is -0.137. The number of amides is 2. The third-order valence-corrected chi connectivity index (χ3v) is 3.49. The number of benzene rings is 1. The molecule has 1 aromatic carbocycles. The summed E-state index contributed by atoms with van der Waals surface area (Å²) in [5.41, 5.74) is 2.34. The van der Waals surface area contributed by atoms with Crippen LogP contribution in [0.4, 0.5) is 0 Å². The predicted octanol–water partition coefficient (Wildman–Crippen LogP) is 1.40. The minimum Gasteiger partial charge on any atom is -0.299 e. The lowest BCUT2D eigenvalue weighted by atomic mass is 10.0. The molecule has 1 heterocycles. The van der Waals surface area contributed by atoms with E-state index < -0.39 is 6.04 Å². The summed E-state index contributed by atoms with van der Waals surface area (Å²) in [5, 5.41) is 3.23. The van der Waals surface area contributed by atoms with Gasteiger partial charge in [0.15, 0.2) is 0 Å². The fraction of sp³-hybridized carbons (Fsp3) is 0.429. The number of aryl methyl sites for hydroxylation is 1. The van der Waals surface area contributed by atoms with Crippen molar-refractivity contribution in [1.82, 2.24) is 10.2 Å². The van der Waals surface area contributed by atoms with Crippen molar-refractivity contribution in [2.45, 2.75) is 32.4 Å². The first kappa shape index (κ1) is 12.8. The number of imide groups is 1. The summed E-state index contributed by atoms with van der Waals surface area (Å²) in [5.74, 6) is -0.255. The van der Waals surface area contributed by atoms with E-state index >= 15 is 0 Å². The van der Waals surface area contributed by atoms with E-state index in [0.717, 1.165) is 5.56 Å². The fourth-order valence-corrected chi connectivity index (χ4v) is 2.35. The molecule has 96 valence electrons. The summed E-state index contributed by atoms with van der Waals surface area (Å²) < 4.78 is 0. The zero-order valence-electron chi connectivity index (χ0n) is 10.9. The number of carbonyl (C=O) groups is 2. The number of hydrogen-bond donors (Lipinski definition) is 1. The van der Waals surface area contributed by atoms with Gasteiger partial charge >= 0.3 is 0 Å². The minimum absolute atomic E-state index is 0.0550. The van der Waals surface area contributed by atoms with Crippen LogP contribution in [0, 0.1) is 6.92 Å². The summed E-state index contributed by atoms with van der Waals surface area (Å²) >= 11 is 0. The second-order valence-electron chi connectivity index (χ2n) is 4.79. The van der Waals surface area contributed by atoms with E-state index in [1.807, 2.05) is 38.1 Å². The van der Waals surface area contributed by atoms with E-state index in [2.05, 4.69) is 5.32 Å². The molecular formula is C14H18N2O2. The van der Waals surface area contributed by atoms with Crippen LogP contribution in [0.3, 0.4) is 0 Å². The fourth-order valence-electron chi connectivity index (χ4n) is 2.35. The van der Waals surface area contributed by atoms with Gasteiger partial charge in [-0.3, -0.25) is 19.8 Å². The van der Waals surface area contributed by atoms with Crippen molar-refractivity contribution in [1.29, 1.82) is 0 Å². The maximum absolute atomic E-state index is 11.8. The number of carbonyl (C=O) groups excluding carboxylic acids is 2. The molecule has 1 saturated heterocycles. The van der Waals surface area contributed by atoms with Crippen LogP contribution in [0.1, 0.15) is 30.5 Å². The molecule has 0 spiro atoms. The average molecular weight is 246 g/mol. The molecular weight excluding hydrogens is 228 g/mol. The van der Waals surface area contributed by atoms with Crippen LogP contribution in [0.2, 0.25) is 0 Å². The van der Waals surface area contributed by atoms with Gasteiger partial charge in [-0.05, 0) is 25.0 Å². The Bertz CT molecular complexity index is 484. The third kappa shape index (κ3) is 2.29. The number of likely N-dealkylation sites (N-methyl/N-ethyl adjacent to an activating group) is 1. The SMILES string of the molecule is Cc1ccccc1C(C)NC1CC(=O)N(C)C1=O. The van der Waals surface area contributed by atoms with Crippen LogP contribution in [0.5, 0.6) is 0 Å². The molecule has 0 saturated carbocycles. The lowest BCUT2D eigenvalue weighted by Gasteiger charge is -2.19. The number of nitrogens with zero attached hydrogens (tertiary/aromatic N) is 1. The van der Waals surface area contributed by atoms with Crippen LogP contribution in [-0.4, -0.2) is 29.8 Å². The monoisotopic (exact) mass is 246 g/mol. The van der Waals surface area contributed by atoms with Gasteiger partial charge in [0.05, 0.1) is 12.5 Å². The quantitative estimate of drug-likeness (QED) is 0.820. The van der Waals surface area contributed by atoms with E-state index in [0.29, 0.717) is 0 Å². The molecule has 2 atom stereocenters. The molecule has 1 N–H and O–H groups in total. The molecule has 4 nitrogen and oxygen atoms in total. The molecule has 2 rings (SSSR count). The highest BCUT2D eigenvalue weighted by molar-refractivity contribution is 6.05. The Hall–Kier alpha value is -1.68. The van der Waals surface area contributed by atoms with Crippen LogP contribution < -0.4 is 5.32 Å². The van der Waals surface area contributed by atoms with E-state index in [1.54, 1.807) is 0 Å². The Kier molecular flexibility index (Phi) is 3.48. The first-order valence-electron chi connectivity index (χ1n) is 6.12. The number of rotatable bonds is 3. The number of hydrogen-bond acceptors (Lipinski definition) is 3. The van der Waals surface area contributed by atoms with E-state index in [-0.39, 0.29) is 24.3 Å². The normalized spacial score (nSPS) is 21.5. The van der Waals surface area contributed by atoms with Crippen molar-refractivity contribution in [2.24, 2.45) is 0 Å². The molecule has 2 amide bonds. The zero-order chi connectivity index (χ0) is 13.3. The highest BCUT2D eigenvalue weighted by atomic mass is 16.2. The third-order valence-electron chi connectivity index (χ3n) is 3.49. The summed E-state index contributed by atoms with van der Waals surface area (Å²) in [6.45, 7) is 4.06. The molecule has 18 heavy (non-hydrogen) atoms. The van der Waals surface area contributed by atoms with Gasteiger partial charge in [0.25, 0.3) is 0 Å². The highest BCUT2D eigenvalue weighted by Gasteiger charge is 2.36. The van der Waals surface area contributed by atoms with Crippen molar-refractivity contribution in [3.8, 4) is 0 Å². The lowest BCUT2D eigenvalue weighted by Crippen LogP contribution is -2.38. The first-order chi connectivity index (χ1) is 8.50. The Morgan fingerprint density at radius 2 is 2.00 bits per heavy atom. The van der Waals surface area contributed by atoms with Gasteiger partial charge in [-0.25, -0.2) is 0 Å². The Labute approximate surface area is 107 Å². The molecule has 0 bridgehead atoms.